The van der Waals surface area contributed by atoms with Crippen molar-refractivity contribution in [3.05, 3.63) is 47.9 Å². The van der Waals surface area contributed by atoms with Crippen molar-refractivity contribution in [2.24, 2.45) is 0 Å². The number of pyridine rings is 1. The van der Waals surface area contributed by atoms with Gasteiger partial charge in [-0.05, 0) is 36.8 Å². The molecule has 0 spiro atoms. The molecule has 2 aromatic rings. The smallest absolute Gasteiger partial charge is 0.262 e. The first-order valence-electron chi connectivity index (χ1n) is 9.92. The van der Waals surface area contributed by atoms with E-state index in [1.165, 1.54) is 24.4 Å². The van der Waals surface area contributed by atoms with E-state index in [-0.39, 0.29) is 22.1 Å². The van der Waals surface area contributed by atoms with Gasteiger partial charge in [0.15, 0.2) is 5.82 Å². The number of halogens is 1. The number of piperazine rings is 1. The van der Waals surface area contributed by atoms with E-state index >= 15 is 0 Å². The van der Waals surface area contributed by atoms with E-state index in [1.807, 2.05) is 4.90 Å². The fourth-order valence-electron chi connectivity index (χ4n) is 3.12. The first-order chi connectivity index (χ1) is 14.9. The summed E-state index contributed by atoms with van der Waals surface area (Å²) in [5, 5.41) is 5.99. The van der Waals surface area contributed by atoms with Crippen molar-refractivity contribution >= 4 is 27.4 Å². The zero-order chi connectivity index (χ0) is 22.3. The molecule has 1 aliphatic rings. The molecule has 3 N–H and O–H groups in total. The molecular formula is C20H26FN5O4S. The number of anilines is 2. The van der Waals surface area contributed by atoms with Crippen LogP contribution in [0.3, 0.4) is 0 Å². The number of sulfonamides is 1. The van der Waals surface area contributed by atoms with E-state index in [9.17, 15) is 17.6 Å². The van der Waals surface area contributed by atoms with Crippen LogP contribution < -0.4 is 20.3 Å². The fraction of sp³-hybridized carbons (Fsp3) is 0.400. The lowest BCUT2D eigenvalue weighted by Gasteiger charge is -2.30. The Labute approximate surface area is 181 Å². The Balaban J connectivity index is 1.88. The van der Waals surface area contributed by atoms with Crippen LogP contribution in [0, 0.1) is 5.82 Å². The number of benzene rings is 1. The molecule has 0 radical (unpaired) electrons. The molecule has 0 aliphatic carbocycles. The molecule has 1 fully saturated rings. The summed E-state index contributed by atoms with van der Waals surface area (Å²) in [4.78, 5) is 18.7. The molecule has 0 unspecified atom stereocenters. The third-order valence-corrected chi connectivity index (χ3v) is 6.11. The minimum absolute atomic E-state index is 0.0884. The topological polar surface area (TPSA) is 113 Å². The first-order valence-corrected chi connectivity index (χ1v) is 11.4. The van der Waals surface area contributed by atoms with E-state index < -0.39 is 15.8 Å². The molecule has 1 amide bonds. The number of carbonyl (C=O) groups excluding carboxylic acids is 1. The normalized spacial score (nSPS) is 14.3. The SMILES string of the molecule is COCCCNC(=O)c1cnc(N2CCNCC2)c(NS(=O)(=O)c2ccc(F)cc2)c1. The molecule has 2 heterocycles. The van der Waals surface area contributed by atoms with E-state index in [0.29, 0.717) is 38.5 Å². The van der Waals surface area contributed by atoms with Gasteiger partial charge in [-0.3, -0.25) is 9.52 Å². The molecule has 3 rings (SSSR count). The Morgan fingerprint density at radius 1 is 1.26 bits per heavy atom. The van der Waals surface area contributed by atoms with Crippen molar-refractivity contribution in [2.45, 2.75) is 11.3 Å². The average molecular weight is 452 g/mol. The van der Waals surface area contributed by atoms with E-state index in [0.717, 1.165) is 25.2 Å². The van der Waals surface area contributed by atoms with Crippen LogP contribution in [-0.4, -0.2) is 65.7 Å². The molecule has 31 heavy (non-hydrogen) atoms. The van der Waals surface area contributed by atoms with Crippen molar-refractivity contribution in [1.29, 1.82) is 0 Å². The van der Waals surface area contributed by atoms with Gasteiger partial charge in [0, 0.05) is 52.6 Å². The quantitative estimate of drug-likeness (QED) is 0.491. The highest BCUT2D eigenvalue weighted by Crippen LogP contribution is 2.27. The second kappa shape index (κ2) is 10.5. The van der Waals surface area contributed by atoms with Gasteiger partial charge >= 0.3 is 0 Å². The van der Waals surface area contributed by atoms with Crippen molar-refractivity contribution in [2.75, 3.05) is 56.1 Å². The molecule has 1 aromatic carbocycles. The maximum atomic E-state index is 13.2. The van der Waals surface area contributed by atoms with Gasteiger partial charge in [0.2, 0.25) is 0 Å². The first kappa shape index (κ1) is 22.9. The summed E-state index contributed by atoms with van der Waals surface area (Å²) in [7, 11) is -2.42. The van der Waals surface area contributed by atoms with Crippen LogP contribution in [0.4, 0.5) is 15.9 Å². The summed E-state index contributed by atoms with van der Waals surface area (Å²) in [5.74, 6) is -0.463. The number of methoxy groups -OCH3 is 1. The average Bonchev–Trinajstić information content (AvgIpc) is 2.77. The van der Waals surface area contributed by atoms with Gasteiger partial charge in [-0.25, -0.2) is 17.8 Å². The van der Waals surface area contributed by atoms with Crippen LogP contribution in [0.5, 0.6) is 0 Å². The maximum absolute atomic E-state index is 13.2. The zero-order valence-corrected chi connectivity index (χ0v) is 18.0. The predicted octanol–water partition coefficient (Wildman–Crippen LogP) is 1.20. The molecule has 1 aliphatic heterocycles. The highest BCUT2D eigenvalue weighted by molar-refractivity contribution is 7.92. The van der Waals surface area contributed by atoms with Crippen LogP contribution in [0.15, 0.2) is 41.4 Å². The molecular weight excluding hydrogens is 425 g/mol. The zero-order valence-electron chi connectivity index (χ0n) is 17.2. The maximum Gasteiger partial charge on any atom is 0.262 e. The Kier molecular flexibility index (Phi) is 7.77. The van der Waals surface area contributed by atoms with Crippen molar-refractivity contribution in [3.63, 3.8) is 0 Å². The third kappa shape index (κ3) is 6.12. The number of nitrogens with one attached hydrogen (secondary N) is 3. The van der Waals surface area contributed by atoms with Gasteiger partial charge in [-0.2, -0.15) is 0 Å². The largest absolute Gasteiger partial charge is 0.385 e. The molecule has 0 saturated carbocycles. The summed E-state index contributed by atoms with van der Waals surface area (Å²) in [5.41, 5.74) is 0.420. The van der Waals surface area contributed by atoms with Crippen LogP contribution in [-0.2, 0) is 14.8 Å². The van der Waals surface area contributed by atoms with Crippen LogP contribution >= 0.6 is 0 Å². The van der Waals surface area contributed by atoms with Crippen molar-refractivity contribution in [1.82, 2.24) is 15.6 Å². The summed E-state index contributed by atoms with van der Waals surface area (Å²) in [6.45, 7) is 3.68. The van der Waals surface area contributed by atoms with Crippen molar-refractivity contribution < 1.29 is 22.3 Å². The Morgan fingerprint density at radius 3 is 2.65 bits per heavy atom. The highest BCUT2D eigenvalue weighted by Gasteiger charge is 2.22. The number of aromatic nitrogens is 1. The Hall–Kier alpha value is -2.76. The van der Waals surface area contributed by atoms with Crippen LogP contribution in [0.2, 0.25) is 0 Å². The lowest BCUT2D eigenvalue weighted by molar-refractivity contribution is 0.0948. The van der Waals surface area contributed by atoms with Crippen LogP contribution in [0.1, 0.15) is 16.8 Å². The van der Waals surface area contributed by atoms with E-state index in [1.54, 1.807) is 7.11 Å². The highest BCUT2D eigenvalue weighted by atomic mass is 32.2. The van der Waals surface area contributed by atoms with Crippen LogP contribution in [0.25, 0.3) is 0 Å². The predicted molar refractivity (Wildman–Crippen MR) is 115 cm³/mol. The number of nitrogens with zero attached hydrogens (tertiary/aromatic N) is 2. The van der Waals surface area contributed by atoms with Gasteiger partial charge in [0.1, 0.15) is 5.82 Å². The standard InChI is InChI=1S/C20H26FN5O4S/c1-30-12-2-7-23-20(27)15-13-18(19(24-14-15)26-10-8-22-9-11-26)25-31(28,29)17-5-3-16(21)4-6-17/h3-6,13-14,22,25H,2,7-12H2,1H3,(H,23,27). The molecule has 9 nitrogen and oxygen atoms in total. The van der Waals surface area contributed by atoms with Gasteiger partial charge in [0.05, 0.1) is 16.1 Å². The second-order valence-corrected chi connectivity index (χ2v) is 8.68. The van der Waals surface area contributed by atoms with Crippen molar-refractivity contribution in [3.8, 4) is 0 Å². The van der Waals surface area contributed by atoms with Gasteiger partial charge in [-0.1, -0.05) is 0 Å². The second-order valence-electron chi connectivity index (χ2n) is 6.99. The number of hydrogen-bond donors (Lipinski definition) is 3. The summed E-state index contributed by atoms with van der Waals surface area (Å²) < 4.78 is 46.4. The summed E-state index contributed by atoms with van der Waals surface area (Å²) >= 11 is 0. The minimum atomic E-state index is -4.01. The lowest BCUT2D eigenvalue weighted by atomic mass is 10.2. The molecule has 168 valence electrons. The van der Waals surface area contributed by atoms with Gasteiger partial charge in [-0.15, -0.1) is 0 Å². The third-order valence-electron chi connectivity index (χ3n) is 4.72. The Morgan fingerprint density at radius 2 is 1.97 bits per heavy atom. The number of amides is 1. The van der Waals surface area contributed by atoms with Gasteiger partial charge < -0.3 is 20.3 Å². The molecule has 0 bridgehead atoms. The van der Waals surface area contributed by atoms with E-state index in [2.05, 4.69) is 20.3 Å². The molecule has 11 heteroatoms. The number of rotatable bonds is 9. The lowest BCUT2D eigenvalue weighted by Crippen LogP contribution is -2.44. The molecule has 0 atom stereocenters. The van der Waals surface area contributed by atoms with E-state index in [4.69, 9.17) is 4.74 Å². The Bertz CT molecular complexity index is 995. The number of ether oxygens (including phenoxy) is 1. The monoisotopic (exact) mass is 451 g/mol. The minimum Gasteiger partial charge on any atom is -0.385 e. The molecule has 1 aromatic heterocycles. The fourth-order valence-corrected chi connectivity index (χ4v) is 4.18. The van der Waals surface area contributed by atoms with Gasteiger partial charge in [0.25, 0.3) is 15.9 Å². The summed E-state index contributed by atoms with van der Waals surface area (Å²) in [6, 6.07) is 5.99. The molecule has 1 saturated heterocycles. The summed E-state index contributed by atoms with van der Waals surface area (Å²) in [6.07, 6.45) is 2.08. The number of hydrogen-bond acceptors (Lipinski definition) is 7. The number of carbonyl (C=O) groups is 1.